The van der Waals surface area contributed by atoms with E-state index >= 15 is 0 Å². The van der Waals surface area contributed by atoms with Crippen LogP contribution in [0.15, 0.2) is 47.1 Å². The lowest BCUT2D eigenvalue weighted by Crippen LogP contribution is -2.43. The van der Waals surface area contributed by atoms with E-state index in [0.29, 0.717) is 24.2 Å². The van der Waals surface area contributed by atoms with E-state index < -0.39 is 6.04 Å². The zero-order valence-electron chi connectivity index (χ0n) is 13.8. The van der Waals surface area contributed by atoms with Gasteiger partial charge in [-0.05, 0) is 43.2 Å². The van der Waals surface area contributed by atoms with Crippen molar-refractivity contribution in [1.29, 1.82) is 0 Å². The third kappa shape index (κ3) is 3.55. The van der Waals surface area contributed by atoms with Gasteiger partial charge in [0.2, 0.25) is 5.91 Å². The van der Waals surface area contributed by atoms with Crippen LogP contribution < -0.4 is 10.6 Å². The third-order valence-corrected chi connectivity index (χ3v) is 4.17. The predicted molar refractivity (Wildman–Crippen MR) is 91.2 cm³/mol. The van der Waals surface area contributed by atoms with E-state index in [4.69, 9.17) is 4.42 Å². The van der Waals surface area contributed by atoms with E-state index in [-0.39, 0.29) is 23.5 Å². The summed E-state index contributed by atoms with van der Waals surface area (Å²) in [7, 11) is 1.55. The highest BCUT2D eigenvalue weighted by molar-refractivity contribution is 6.01. The Balaban J connectivity index is 1.72. The number of nitrogens with zero attached hydrogens (tertiary/aromatic N) is 1. The number of carbonyl (C=O) groups excluding carboxylic acids is 3. The van der Waals surface area contributed by atoms with Crippen molar-refractivity contribution < 1.29 is 18.8 Å². The summed E-state index contributed by atoms with van der Waals surface area (Å²) in [5, 5.41) is 5.33. The van der Waals surface area contributed by atoms with Crippen molar-refractivity contribution in [3.8, 4) is 0 Å². The molecule has 25 heavy (non-hydrogen) atoms. The number of anilines is 1. The van der Waals surface area contributed by atoms with E-state index in [2.05, 4.69) is 10.6 Å². The summed E-state index contributed by atoms with van der Waals surface area (Å²) in [5.74, 6) is -0.568. The van der Waals surface area contributed by atoms with E-state index in [1.807, 2.05) is 0 Å². The highest BCUT2D eigenvalue weighted by Gasteiger charge is 2.35. The maximum absolute atomic E-state index is 12.6. The van der Waals surface area contributed by atoms with Gasteiger partial charge in [-0.1, -0.05) is 6.07 Å². The predicted octanol–water partition coefficient (Wildman–Crippen LogP) is 1.88. The van der Waals surface area contributed by atoms with Crippen LogP contribution >= 0.6 is 0 Å². The van der Waals surface area contributed by atoms with E-state index in [1.54, 1.807) is 43.4 Å². The van der Waals surface area contributed by atoms with Crippen LogP contribution in [0.1, 0.15) is 33.8 Å². The molecular formula is C18H19N3O4. The Kier molecular flexibility index (Phi) is 4.83. The Bertz CT molecular complexity index is 785. The van der Waals surface area contributed by atoms with Crippen molar-refractivity contribution in [2.45, 2.75) is 18.9 Å². The van der Waals surface area contributed by atoms with Gasteiger partial charge in [0, 0.05) is 24.8 Å². The molecule has 3 amide bonds. The molecule has 0 aliphatic carbocycles. The minimum atomic E-state index is -0.554. The molecule has 130 valence electrons. The van der Waals surface area contributed by atoms with Crippen LogP contribution in [0.2, 0.25) is 0 Å². The van der Waals surface area contributed by atoms with Gasteiger partial charge in [0.05, 0.1) is 6.26 Å². The highest BCUT2D eigenvalue weighted by atomic mass is 16.3. The fourth-order valence-corrected chi connectivity index (χ4v) is 2.93. The fourth-order valence-electron chi connectivity index (χ4n) is 2.93. The number of furan rings is 1. The second-order valence-electron chi connectivity index (χ2n) is 5.78. The number of likely N-dealkylation sites (tertiary alicyclic amines) is 1. The summed E-state index contributed by atoms with van der Waals surface area (Å²) in [4.78, 5) is 38.3. The molecule has 0 saturated carbocycles. The van der Waals surface area contributed by atoms with Gasteiger partial charge in [-0.2, -0.15) is 0 Å². The molecule has 0 spiro atoms. The largest absolute Gasteiger partial charge is 0.459 e. The molecule has 7 nitrogen and oxygen atoms in total. The lowest BCUT2D eigenvalue weighted by Gasteiger charge is -2.23. The quantitative estimate of drug-likeness (QED) is 0.888. The second kappa shape index (κ2) is 7.21. The van der Waals surface area contributed by atoms with Gasteiger partial charge in [-0.25, -0.2) is 0 Å². The summed E-state index contributed by atoms with van der Waals surface area (Å²) in [6.45, 7) is 0.510. The molecule has 1 atom stereocenters. The van der Waals surface area contributed by atoms with Gasteiger partial charge >= 0.3 is 0 Å². The molecule has 0 bridgehead atoms. The molecule has 2 aromatic rings. The smallest absolute Gasteiger partial charge is 0.290 e. The van der Waals surface area contributed by atoms with Crippen LogP contribution in [0.3, 0.4) is 0 Å². The molecule has 3 rings (SSSR count). The minimum absolute atomic E-state index is 0.223. The lowest BCUT2D eigenvalue weighted by molar-refractivity contribution is -0.119. The lowest BCUT2D eigenvalue weighted by atomic mass is 10.1. The standard InChI is InChI=1S/C18H19N3O4/c1-19-16(22)12-5-2-6-13(11-12)20-17(23)14-7-3-9-21(14)18(24)15-8-4-10-25-15/h2,4-6,8,10-11,14H,3,7,9H2,1H3,(H,19,22)(H,20,23). The summed E-state index contributed by atoms with van der Waals surface area (Å²) in [6.07, 6.45) is 2.78. The summed E-state index contributed by atoms with van der Waals surface area (Å²) >= 11 is 0. The average molecular weight is 341 g/mol. The Labute approximate surface area is 145 Å². The molecule has 1 aliphatic rings. The monoisotopic (exact) mass is 341 g/mol. The number of hydrogen-bond acceptors (Lipinski definition) is 4. The molecule has 2 N–H and O–H groups in total. The fraction of sp³-hybridized carbons (Fsp3) is 0.278. The van der Waals surface area contributed by atoms with Crippen molar-refractivity contribution in [2.75, 3.05) is 18.9 Å². The average Bonchev–Trinajstić information content (AvgIpc) is 3.32. The first-order valence-corrected chi connectivity index (χ1v) is 8.07. The number of nitrogens with one attached hydrogen (secondary N) is 2. The maximum Gasteiger partial charge on any atom is 0.290 e. The number of benzene rings is 1. The first-order chi connectivity index (χ1) is 12.1. The Hall–Kier alpha value is -3.09. The van der Waals surface area contributed by atoms with E-state index in [1.165, 1.54) is 11.2 Å². The molecule has 1 aromatic heterocycles. The topological polar surface area (TPSA) is 91.7 Å². The summed E-state index contributed by atoms with van der Waals surface area (Å²) < 4.78 is 5.14. The molecule has 1 fully saturated rings. The normalized spacial score (nSPS) is 16.5. The second-order valence-corrected chi connectivity index (χ2v) is 5.78. The van der Waals surface area contributed by atoms with Gasteiger partial charge in [-0.3, -0.25) is 14.4 Å². The van der Waals surface area contributed by atoms with Gasteiger partial charge in [-0.15, -0.1) is 0 Å². The van der Waals surface area contributed by atoms with Crippen LogP contribution in [0, 0.1) is 0 Å². The van der Waals surface area contributed by atoms with E-state index in [0.717, 1.165) is 6.42 Å². The molecular weight excluding hydrogens is 322 g/mol. The number of rotatable bonds is 4. The number of carbonyl (C=O) groups is 3. The molecule has 1 aromatic carbocycles. The van der Waals surface area contributed by atoms with Crippen molar-refractivity contribution in [3.05, 3.63) is 54.0 Å². The van der Waals surface area contributed by atoms with Gasteiger partial charge in [0.15, 0.2) is 5.76 Å². The minimum Gasteiger partial charge on any atom is -0.459 e. The van der Waals surface area contributed by atoms with Crippen LogP contribution in [0.25, 0.3) is 0 Å². The first-order valence-electron chi connectivity index (χ1n) is 8.07. The van der Waals surface area contributed by atoms with E-state index in [9.17, 15) is 14.4 Å². The molecule has 2 heterocycles. The van der Waals surface area contributed by atoms with Gasteiger partial charge in [0.1, 0.15) is 6.04 Å². The van der Waals surface area contributed by atoms with Crippen molar-refractivity contribution in [1.82, 2.24) is 10.2 Å². The van der Waals surface area contributed by atoms with Gasteiger partial charge < -0.3 is 20.0 Å². The zero-order chi connectivity index (χ0) is 17.8. The molecule has 1 unspecified atom stereocenters. The van der Waals surface area contributed by atoms with Crippen LogP contribution in [0.5, 0.6) is 0 Å². The zero-order valence-corrected chi connectivity index (χ0v) is 13.8. The summed E-state index contributed by atoms with van der Waals surface area (Å²) in [6, 6.07) is 9.34. The number of amides is 3. The van der Waals surface area contributed by atoms with Crippen LogP contribution in [-0.2, 0) is 4.79 Å². The third-order valence-electron chi connectivity index (χ3n) is 4.17. The Morgan fingerprint density at radius 3 is 2.76 bits per heavy atom. The highest BCUT2D eigenvalue weighted by Crippen LogP contribution is 2.22. The molecule has 1 saturated heterocycles. The SMILES string of the molecule is CNC(=O)c1cccc(NC(=O)C2CCCN2C(=O)c2ccco2)c1. The van der Waals surface area contributed by atoms with Crippen molar-refractivity contribution >= 4 is 23.4 Å². The molecule has 1 aliphatic heterocycles. The van der Waals surface area contributed by atoms with Crippen molar-refractivity contribution in [2.24, 2.45) is 0 Å². The Morgan fingerprint density at radius 2 is 2.04 bits per heavy atom. The van der Waals surface area contributed by atoms with Crippen LogP contribution in [-0.4, -0.2) is 42.3 Å². The first kappa shape index (κ1) is 16.8. The summed E-state index contributed by atoms with van der Waals surface area (Å²) in [5.41, 5.74) is 0.971. The Morgan fingerprint density at radius 1 is 1.20 bits per heavy atom. The van der Waals surface area contributed by atoms with Crippen molar-refractivity contribution in [3.63, 3.8) is 0 Å². The van der Waals surface area contributed by atoms with Crippen LogP contribution in [0.4, 0.5) is 5.69 Å². The maximum atomic E-state index is 12.6. The molecule has 0 radical (unpaired) electrons. The molecule has 7 heteroatoms. The van der Waals surface area contributed by atoms with Gasteiger partial charge in [0.25, 0.3) is 11.8 Å². The number of hydrogen-bond donors (Lipinski definition) is 2.